The van der Waals surface area contributed by atoms with E-state index in [9.17, 15) is 18.0 Å². The quantitative estimate of drug-likeness (QED) is 0.454. The van der Waals surface area contributed by atoms with Gasteiger partial charge in [0.1, 0.15) is 16.4 Å². The molecule has 0 amide bonds. The molecule has 1 aliphatic rings. The summed E-state index contributed by atoms with van der Waals surface area (Å²) in [4.78, 5) is 26.3. The van der Waals surface area contributed by atoms with E-state index in [0.717, 1.165) is 24.1 Å². The minimum Gasteiger partial charge on any atom is -0.338 e. The van der Waals surface area contributed by atoms with Crippen LogP contribution < -0.4 is 10.5 Å². The van der Waals surface area contributed by atoms with Crippen LogP contribution in [0.4, 0.5) is 19.1 Å². The molecule has 4 aromatic rings. The van der Waals surface area contributed by atoms with Crippen LogP contribution in [0.2, 0.25) is 0 Å². The maximum absolute atomic E-state index is 13.1. The fourth-order valence-electron chi connectivity index (χ4n) is 3.86. The van der Waals surface area contributed by atoms with Crippen LogP contribution in [-0.2, 0) is 19.1 Å². The summed E-state index contributed by atoms with van der Waals surface area (Å²) in [7, 11) is 0. The van der Waals surface area contributed by atoms with Gasteiger partial charge in [-0.15, -0.1) is 0 Å². The summed E-state index contributed by atoms with van der Waals surface area (Å²) in [5.74, 6) is 0.385. The highest BCUT2D eigenvalue weighted by atomic mass is 32.1. The van der Waals surface area contributed by atoms with E-state index in [1.807, 2.05) is 23.1 Å². The third kappa shape index (κ3) is 3.56. The van der Waals surface area contributed by atoms with Crippen LogP contribution in [0, 0.1) is 4.64 Å². The first-order valence-electron chi connectivity index (χ1n) is 9.82. The van der Waals surface area contributed by atoms with Crippen molar-refractivity contribution in [2.45, 2.75) is 19.1 Å². The first-order valence-corrected chi connectivity index (χ1v) is 10.2. The number of fused-ring (bicyclic) bond motifs is 2. The molecule has 10 heteroatoms. The molecular weight excluding hydrogens is 439 g/mol. The molecule has 2 aromatic carbocycles. The fourth-order valence-corrected chi connectivity index (χ4v) is 4.20. The van der Waals surface area contributed by atoms with Gasteiger partial charge < -0.3 is 4.90 Å². The third-order valence-corrected chi connectivity index (χ3v) is 5.90. The number of aromatic amines is 1. The number of anilines is 1. The average Bonchev–Trinajstić information content (AvgIpc) is 2.78. The average molecular weight is 455 g/mol. The Morgan fingerprint density at radius 1 is 1.06 bits per heavy atom. The second-order valence-electron chi connectivity index (χ2n) is 7.50. The topological polar surface area (TPSA) is 66.8 Å². The smallest absolute Gasteiger partial charge is 0.338 e. The largest absolute Gasteiger partial charge is 0.416 e. The number of hydrogen-bond acceptors (Lipinski definition) is 5. The van der Waals surface area contributed by atoms with Crippen molar-refractivity contribution in [2.24, 2.45) is 0 Å². The van der Waals surface area contributed by atoms with E-state index < -0.39 is 17.3 Å². The van der Waals surface area contributed by atoms with Gasteiger partial charge in [0, 0.05) is 18.8 Å². The molecule has 1 N–H and O–H groups in total. The molecule has 0 radical (unpaired) electrons. The van der Waals surface area contributed by atoms with Crippen molar-refractivity contribution in [3.63, 3.8) is 0 Å². The molecular formula is C22H16F3N5OS. The summed E-state index contributed by atoms with van der Waals surface area (Å²) in [6, 6.07) is 12.8. The molecule has 32 heavy (non-hydrogen) atoms. The molecule has 0 saturated heterocycles. The molecule has 1 aliphatic heterocycles. The standard InChI is InChI=1S/C22H16F3N5OS/c23-22(24,25)15-6-3-7-16(10-15)30-12-26-18-17(20(30)32)19(31)28-21(27-18)29-9-8-13-4-1-2-5-14(13)11-29/h1-7,10,12H,8-9,11H2,(H,27,28,31). The van der Waals surface area contributed by atoms with E-state index in [1.165, 1.54) is 28.6 Å². The Balaban J connectivity index is 1.57. The molecule has 162 valence electrons. The number of rotatable bonds is 2. The van der Waals surface area contributed by atoms with Gasteiger partial charge in [-0.1, -0.05) is 42.5 Å². The Morgan fingerprint density at radius 3 is 2.62 bits per heavy atom. The van der Waals surface area contributed by atoms with Crippen molar-refractivity contribution in [1.29, 1.82) is 0 Å². The first-order chi connectivity index (χ1) is 15.3. The van der Waals surface area contributed by atoms with Crippen LogP contribution in [0.15, 0.2) is 59.7 Å². The van der Waals surface area contributed by atoms with Gasteiger partial charge in [-0.2, -0.15) is 18.2 Å². The lowest BCUT2D eigenvalue weighted by Crippen LogP contribution is -2.33. The maximum Gasteiger partial charge on any atom is 0.416 e. The summed E-state index contributed by atoms with van der Waals surface area (Å²) in [5.41, 5.74) is 1.44. The van der Waals surface area contributed by atoms with E-state index in [1.54, 1.807) is 0 Å². The summed E-state index contributed by atoms with van der Waals surface area (Å²) >= 11 is 5.42. The molecule has 3 heterocycles. The van der Waals surface area contributed by atoms with Gasteiger partial charge in [-0.05, 0) is 35.7 Å². The van der Waals surface area contributed by atoms with Crippen LogP contribution in [0.5, 0.6) is 0 Å². The Hall–Kier alpha value is -3.53. The molecule has 0 bridgehead atoms. The lowest BCUT2D eigenvalue weighted by molar-refractivity contribution is -0.137. The monoisotopic (exact) mass is 455 g/mol. The lowest BCUT2D eigenvalue weighted by Gasteiger charge is -2.29. The molecule has 5 rings (SSSR count). The molecule has 0 saturated carbocycles. The lowest BCUT2D eigenvalue weighted by atomic mass is 10.0. The predicted molar refractivity (Wildman–Crippen MR) is 117 cm³/mol. The number of nitrogens with one attached hydrogen (secondary N) is 1. The van der Waals surface area contributed by atoms with Crippen LogP contribution in [-0.4, -0.2) is 26.1 Å². The van der Waals surface area contributed by atoms with E-state index >= 15 is 0 Å². The Kier molecular flexibility index (Phi) is 4.81. The van der Waals surface area contributed by atoms with Crippen LogP contribution in [0.3, 0.4) is 0 Å². The predicted octanol–water partition coefficient (Wildman–Crippen LogP) is 4.42. The highest BCUT2D eigenvalue weighted by Gasteiger charge is 2.30. The van der Waals surface area contributed by atoms with Crippen molar-refractivity contribution in [3.05, 3.63) is 86.5 Å². The Labute approximate surface area is 185 Å². The molecule has 0 unspecified atom stereocenters. The van der Waals surface area contributed by atoms with Crippen molar-refractivity contribution < 1.29 is 13.2 Å². The summed E-state index contributed by atoms with van der Waals surface area (Å²) in [5, 5.41) is 0.0565. The minimum atomic E-state index is -4.50. The van der Waals surface area contributed by atoms with Gasteiger partial charge in [0.25, 0.3) is 5.56 Å². The number of hydrogen-bond donors (Lipinski definition) is 1. The van der Waals surface area contributed by atoms with Crippen LogP contribution >= 0.6 is 12.2 Å². The van der Waals surface area contributed by atoms with Gasteiger partial charge in [0.15, 0.2) is 5.65 Å². The fraction of sp³-hybridized carbons (Fsp3) is 0.182. The van der Waals surface area contributed by atoms with Crippen molar-refractivity contribution in [3.8, 4) is 5.69 Å². The Bertz CT molecular complexity index is 1460. The number of halogens is 3. The van der Waals surface area contributed by atoms with E-state index in [-0.39, 0.29) is 21.4 Å². The molecule has 0 atom stereocenters. The molecule has 6 nitrogen and oxygen atoms in total. The molecule has 0 spiro atoms. The summed E-state index contributed by atoms with van der Waals surface area (Å²) < 4.78 is 40.6. The minimum absolute atomic E-state index is 0.0404. The molecule has 2 aromatic heterocycles. The van der Waals surface area contributed by atoms with E-state index in [4.69, 9.17) is 12.2 Å². The summed E-state index contributed by atoms with van der Waals surface area (Å²) in [6.45, 7) is 1.28. The van der Waals surface area contributed by atoms with E-state index in [0.29, 0.717) is 19.0 Å². The normalized spacial score (nSPS) is 13.9. The highest BCUT2D eigenvalue weighted by molar-refractivity contribution is 7.71. The first kappa shape index (κ1) is 20.4. The SMILES string of the molecule is O=c1[nH]c(N2CCc3ccccc3C2)nc2ncn(-c3cccc(C(F)(F)F)c3)c(=S)c12. The highest BCUT2D eigenvalue weighted by Crippen LogP contribution is 2.30. The van der Waals surface area contributed by atoms with Gasteiger partial charge in [0.2, 0.25) is 5.95 Å². The maximum atomic E-state index is 13.1. The van der Waals surface area contributed by atoms with Gasteiger partial charge in [-0.25, -0.2) is 4.98 Å². The zero-order valence-electron chi connectivity index (χ0n) is 16.6. The van der Waals surface area contributed by atoms with Crippen LogP contribution in [0.1, 0.15) is 16.7 Å². The molecule has 0 aliphatic carbocycles. The summed E-state index contributed by atoms with van der Waals surface area (Å²) in [6.07, 6.45) is -2.38. The Morgan fingerprint density at radius 2 is 1.84 bits per heavy atom. The number of H-pyrrole nitrogens is 1. The van der Waals surface area contributed by atoms with Crippen molar-refractivity contribution in [1.82, 2.24) is 19.5 Å². The molecule has 0 fully saturated rings. The second-order valence-corrected chi connectivity index (χ2v) is 7.88. The van der Waals surface area contributed by atoms with Gasteiger partial charge in [0.05, 0.1) is 5.56 Å². The third-order valence-electron chi connectivity index (χ3n) is 5.50. The number of alkyl halides is 3. The van der Waals surface area contributed by atoms with Gasteiger partial charge >= 0.3 is 6.18 Å². The van der Waals surface area contributed by atoms with Crippen LogP contribution in [0.25, 0.3) is 16.7 Å². The van der Waals surface area contributed by atoms with E-state index in [2.05, 4.69) is 21.0 Å². The number of nitrogens with zero attached hydrogens (tertiary/aromatic N) is 4. The van der Waals surface area contributed by atoms with Crippen molar-refractivity contribution >= 4 is 29.2 Å². The van der Waals surface area contributed by atoms with Gasteiger partial charge in [-0.3, -0.25) is 14.3 Å². The zero-order valence-corrected chi connectivity index (χ0v) is 17.4. The zero-order chi connectivity index (χ0) is 22.5. The number of aromatic nitrogens is 4. The van der Waals surface area contributed by atoms with Crippen molar-refractivity contribution in [2.75, 3.05) is 11.4 Å². The number of benzene rings is 2. The second kappa shape index (κ2) is 7.56.